The summed E-state index contributed by atoms with van der Waals surface area (Å²) in [4.78, 5) is 27.1. The van der Waals surface area contributed by atoms with Crippen LogP contribution in [0.5, 0.6) is 0 Å². The van der Waals surface area contributed by atoms with Gasteiger partial charge in [0.2, 0.25) is 0 Å². The third-order valence-electron chi connectivity index (χ3n) is 5.75. The molecule has 188 valence electrons. The Bertz CT molecular complexity index is 991. The summed E-state index contributed by atoms with van der Waals surface area (Å²) in [5.41, 5.74) is 0.687. The molecule has 2 atom stereocenters. The number of aliphatic carboxylic acids is 1. The number of unbranched alkanes of at least 4 members (excludes halogenated alkanes) is 1. The van der Waals surface area contributed by atoms with Gasteiger partial charge in [-0.2, -0.15) is 20.5 Å². The van der Waals surface area contributed by atoms with Gasteiger partial charge in [-0.3, -0.25) is 4.79 Å². The van der Waals surface area contributed by atoms with Crippen molar-refractivity contribution in [2.45, 2.75) is 37.5 Å². The fraction of sp³-hybridized carbons (Fsp3) is 0.385. The molecule has 1 heterocycles. The summed E-state index contributed by atoms with van der Waals surface area (Å²) in [5.74, 6) is -3.63. The lowest BCUT2D eigenvalue weighted by atomic mass is 10.0. The summed E-state index contributed by atoms with van der Waals surface area (Å²) in [5, 5.41) is 19.0. The van der Waals surface area contributed by atoms with Crippen molar-refractivity contribution in [1.29, 1.82) is 0 Å². The van der Waals surface area contributed by atoms with Crippen LogP contribution in [-0.4, -0.2) is 68.8 Å². The van der Waals surface area contributed by atoms with E-state index in [1.807, 2.05) is 30.3 Å². The number of hydrogen-bond acceptors (Lipinski definition) is 4. The molecular formula is C26H30F2N2O4S. The number of hydrogen-bond donors (Lipinski definition) is 2. The van der Waals surface area contributed by atoms with Crippen LogP contribution in [0.4, 0.5) is 13.6 Å². The van der Waals surface area contributed by atoms with Gasteiger partial charge < -0.3 is 20.0 Å². The summed E-state index contributed by atoms with van der Waals surface area (Å²) >= 11 is 1.32. The Kier molecular flexibility index (Phi) is 9.68. The van der Waals surface area contributed by atoms with Crippen LogP contribution in [-0.2, 0) is 17.3 Å². The largest absolute Gasteiger partial charge is 0.481 e. The Morgan fingerprint density at radius 1 is 1.11 bits per heavy atom. The molecule has 0 bridgehead atoms. The van der Waals surface area contributed by atoms with Gasteiger partial charge in [0.15, 0.2) is 0 Å². The highest BCUT2D eigenvalue weighted by Crippen LogP contribution is 2.32. The molecule has 0 spiro atoms. The minimum absolute atomic E-state index is 0.0341. The molecule has 6 nitrogen and oxygen atoms in total. The quantitative estimate of drug-likeness (QED) is 0.308. The Labute approximate surface area is 208 Å². The number of halogens is 2. The average molecular weight is 505 g/mol. The van der Waals surface area contributed by atoms with Crippen LogP contribution >= 0.6 is 11.8 Å². The van der Waals surface area contributed by atoms with E-state index in [1.165, 1.54) is 42.1 Å². The topological polar surface area (TPSA) is 81.1 Å². The second-order valence-corrected chi connectivity index (χ2v) is 9.49. The molecule has 2 aromatic rings. The lowest BCUT2D eigenvalue weighted by Crippen LogP contribution is -2.35. The number of aliphatic hydroxyl groups is 1. The van der Waals surface area contributed by atoms with Crippen LogP contribution in [0.25, 0.3) is 0 Å². The van der Waals surface area contributed by atoms with Gasteiger partial charge in [-0.25, -0.2) is 4.79 Å². The fourth-order valence-corrected chi connectivity index (χ4v) is 4.65. The first-order valence-corrected chi connectivity index (χ1v) is 12.6. The van der Waals surface area contributed by atoms with Crippen LogP contribution in [0.1, 0.15) is 24.0 Å². The zero-order chi connectivity index (χ0) is 25.3. The predicted octanol–water partition coefficient (Wildman–Crippen LogP) is 4.60. The van der Waals surface area contributed by atoms with Gasteiger partial charge in [0, 0.05) is 25.2 Å². The number of nitrogens with zero attached hydrogens (tertiary/aromatic N) is 2. The molecule has 35 heavy (non-hydrogen) atoms. The molecule has 9 heteroatoms. The number of carboxylic acid groups (broad SMARTS) is 1. The van der Waals surface area contributed by atoms with Crippen LogP contribution < -0.4 is 0 Å². The molecule has 0 radical (unpaired) electrons. The maximum Gasteiger partial charge on any atom is 0.320 e. The van der Waals surface area contributed by atoms with Crippen molar-refractivity contribution in [3.63, 3.8) is 0 Å². The van der Waals surface area contributed by atoms with Crippen molar-refractivity contribution in [3.8, 4) is 0 Å². The Morgan fingerprint density at radius 2 is 1.77 bits per heavy atom. The van der Waals surface area contributed by atoms with Crippen LogP contribution in [0.2, 0.25) is 0 Å². The lowest BCUT2D eigenvalue weighted by molar-refractivity contribution is -0.133. The Morgan fingerprint density at radius 3 is 2.43 bits per heavy atom. The van der Waals surface area contributed by atoms with E-state index in [0.717, 1.165) is 18.1 Å². The number of amides is 2. The monoisotopic (exact) mass is 504 g/mol. The molecule has 1 fully saturated rings. The van der Waals surface area contributed by atoms with E-state index in [-0.39, 0.29) is 17.3 Å². The highest BCUT2D eigenvalue weighted by molar-refractivity contribution is 7.99. The van der Waals surface area contributed by atoms with Crippen molar-refractivity contribution >= 4 is 23.8 Å². The molecular weight excluding hydrogens is 474 g/mol. The third-order valence-corrected chi connectivity index (χ3v) is 6.78. The van der Waals surface area contributed by atoms with Gasteiger partial charge in [-0.15, -0.1) is 0 Å². The number of benzene rings is 2. The van der Waals surface area contributed by atoms with Gasteiger partial charge in [0.25, 0.3) is 0 Å². The second-order valence-electron chi connectivity index (χ2n) is 8.38. The molecule has 2 aromatic carbocycles. The second kappa shape index (κ2) is 12.7. The van der Waals surface area contributed by atoms with Crippen LogP contribution in [0, 0.1) is 0 Å². The van der Waals surface area contributed by atoms with Crippen LogP contribution in [0.15, 0.2) is 72.8 Å². The summed E-state index contributed by atoms with van der Waals surface area (Å²) < 4.78 is 29.4. The number of carbonyl (C=O) groups is 2. The van der Waals surface area contributed by atoms with Gasteiger partial charge in [0.05, 0.1) is 11.8 Å². The SMILES string of the molecule is O=C(O)CSCCCCN1C(=O)N(Cc2ccccc2)C[C@@H]1/C=C/C(O)C(F)(F)c1ccccc1. The van der Waals surface area contributed by atoms with E-state index in [9.17, 15) is 23.5 Å². The number of alkyl halides is 2. The van der Waals surface area contributed by atoms with E-state index in [1.54, 1.807) is 15.9 Å². The molecule has 0 saturated carbocycles. The maximum absolute atomic E-state index is 14.7. The average Bonchev–Trinajstić information content (AvgIpc) is 3.14. The van der Waals surface area contributed by atoms with E-state index in [0.29, 0.717) is 31.8 Å². The van der Waals surface area contributed by atoms with Crippen molar-refractivity contribution in [1.82, 2.24) is 9.80 Å². The summed E-state index contributed by atoms with van der Waals surface area (Å²) in [6, 6.07) is 16.0. The third kappa shape index (κ3) is 7.53. The van der Waals surface area contributed by atoms with Gasteiger partial charge >= 0.3 is 17.9 Å². The molecule has 3 rings (SSSR count). The molecule has 1 unspecified atom stereocenters. The lowest BCUT2D eigenvalue weighted by Gasteiger charge is -2.23. The Balaban J connectivity index is 1.67. The Hall–Kier alpha value is -2.91. The molecule has 0 aliphatic carbocycles. The zero-order valence-corrected chi connectivity index (χ0v) is 20.1. The molecule has 1 saturated heterocycles. The molecule has 2 amide bonds. The van der Waals surface area contributed by atoms with Crippen molar-refractivity contribution in [2.24, 2.45) is 0 Å². The van der Waals surface area contributed by atoms with E-state index in [2.05, 4.69) is 0 Å². The minimum atomic E-state index is -3.46. The van der Waals surface area contributed by atoms with Gasteiger partial charge in [-0.05, 0) is 24.2 Å². The number of thioether (sulfide) groups is 1. The standard InChI is InChI=1S/C26H30F2N2O4S/c27-26(28,21-11-5-2-6-12-21)23(31)14-13-22-18-29(17-20-9-3-1-4-10-20)25(34)30(22)15-7-8-16-35-19-24(32)33/h1-6,9-14,22-23,31H,7-8,15-19H2,(H,32,33)/b14-13+/t22-,23?/m0/s1. The number of rotatable bonds is 13. The van der Waals surface area contributed by atoms with Crippen molar-refractivity contribution < 1.29 is 28.6 Å². The highest BCUT2D eigenvalue weighted by Gasteiger charge is 2.40. The molecule has 1 aliphatic heterocycles. The summed E-state index contributed by atoms with van der Waals surface area (Å²) in [6.45, 7) is 1.14. The normalized spacial score (nSPS) is 17.3. The van der Waals surface area contributed by atoms with Gasteiger partial charge in [0.1, 0.15) is 6.10 Å². The number of aliphatic hydroxyl groups excluding tert-OH is 1. The van der Waals surface area contributed by atoms with Gasteiger partial charge in [-0.1, -0.05) is 72.8 Å². The van der Waals surface area contributed by atoms with E-state index >= 15 is 0 Å². The minimum Gasteiger partial charge on any atom is -0.481 e. The maximum atomic E-state index is 14.7. The predicted molar refractivity (Wildman–Crippen MR) is 132 cm³/mol. The first kappa shape index (κ1) is 26.7. The number of urea groups is 1. The smallest absolute Gasteiger partial charge is 0.320 e. The first-order chi connectivity index (χ1) is 16.8. The fourth-order valence-electron chi connectivity index (χ4n) is 3.92. The molecule has 1 aliphatic rings. The van der Waals surface area contributed by atoms with Crippen molar-refractivity contribution in [3.05, 3.63) is 83.9 Å². The van der Waals surface area contributed by atoms with Crippen LogP contribution in [0.3, 0.4) is 0 Å². The highest BCUT2D eigenvalue weighted by atomic mass is 32.2. The molecule has 2 N–H and O–H groups in total. The summed E-state index contributed by atoms with van der Waals surface area (Å²) in [7, 11) is 0. The zero-order valence-electron chi connectivity index (χ0n) is 19.3. The van der Waals surface area contributed by atoms with E-state index < -0.39 is 24.0 Å². The molecule has 0 aromatic heterocycles. The first-order valence-electron chi connectivity index (χ1n) is 11.5. The summed E-state index contributed by atoms with van der Waals surface area (Å²) in [6.07, 6.45) is 1.92. The number of carbonyl (C=O) groups excluding carboxylic acids is 1. The van der Waals surface area contributed by atoms with E-state index in [4.69, 9.17) is 5.11 Å². The number of carboxylic acids is 1. The van der Waals surface area contributed by atoms with Crippen molar-refractivity contribution in [2.75, 3.05) is 24.6 Å².